The molecule has 7 nitrogen and oxygen atoms in total. The highest BCUT2D eigenvalue weighted by atomic mass is 35.5. The summed E-state index contributed by atoms with van der Waals surface area (Å²) in [5.74, 6) is -0.756. The molecule has 0 saturated carbocycles. The lowest BCUT2D eigenvalue weighted by Gasteiger charge is -2.28. The second kappa shape index (κ2) is 9.93. The molecule has 1 N–H and O–H groups in total. The van der Waals surface area contributed by atoms with Crippen LogP contribution >= 0.6 is 11.6 Å². The minimum Gasteiger partial charge on any atom is -0.497 e. The van der Waals surface area contributed by atoms with Crippen LogP contribution in [0.3, 0.4) is 0 Å². The van der Waals surface area contributed by atoms with Gasteiger partial charge in [-0.05, 0) is 66.2 Å². The number of nitrogens with zero attached hydrogens (tertiary/aromatic N) is 2. The molecule has 0 bridgehead atoms. The third-order valence-corrected chi connectivity index (χ3v) is 5.70. The van der Waals surface area contributed by atoms with Crippen LogP contribution in [0.25, 0.3) is 0 Å². The average Bonchev–Trinajstić information content (AvgIpc) is 3.13. The van der Waals surface area contributed by atoms with E-state index in [0.717, 1.165) is 4.90 Å². The molecular weight excluding hydrogens is 461 g/mol. The van der Waals surface area contributed by atoms with E-state index in [2.05, 4.69) is 5.32 Å². The molecule has 3 aromatic carbocycles. The highest BCUT2D eigenvalue weighted by molar-refractivity contribution is 6.31. The van der Waals surface area contributed by atoms with E-state index < -0.39 is 29.7 Å². The standard InChI is InChI=1S/C25H21ClFN3O4/c1-34-21-12-8-19(9-13-21)28-25(33)29(15-16-2-6-18(27)7-3-16)22-14-23(31)30(24(22)32)20-10-4-17(26)5-11-20/h2-13,22H,14-15H2,1H3,(H,28,33)/t22-/m1/s1. The minimum absolute atomic E-state index is 0.000409. The van der Waals surface area contributed by atoms with E-state index in [1.54, 1.807) is 48.5 Å². The van der Waals surface area contributed by atoms with Crippen LogP contribution in [0.5, 0.6) is 5.75 Å². The number of hydrogen-bond acceptors (Lipinski definition) is 4. The number of hydrogen-bond donors (Lipinski definition) is 1. The molecule has 9 heteroatoms. The molecule has 0 unspecified atom stereocenters. The van der Waals surface area contributed by atoms with Gasteiger partial charge in [-0.3, -0.25) is 9.59 Å². The molecule has 1 fully saturated rings. The quantitative estimate of drug-likeness (QED) is 0.510. The van der Waals surface area contributed by atoms with E-state index in [1.165, 1.54) is 36.3 Å². The number of halogens is 2. The van der Waals surface area contributed by atoms with Crippen molar-refractivity contribution >= 4 is 40.8 Å². The smallest absolute Gasteiger partial charge is 0.322 e. The highest BCUT2D eigenvalue weighted by Crippen LogP contribution is 2.28. The average molecular weight is 482 g/mol. The van der Waals surface area contributed by atoms with Crippen molar-refractivity contribution in [3.05, 3.63) is 89.2 Å². The Labute approximate surface area is 200 Å². The number of anilines is 2. The Kier molecular flexibility index (Phi) is 6.79. The third kappa shape index (κ3) is 5.02. The van der Waals surface area contributed by atoms with Gasteiger partial charge < -0.3 is 15.0 Å². The Bertz CT molecular complexity index is 1200. The van der Waals surface area contributed by atoms with Crippen LogP contribution in [-0.2, 0) is 16.1 Å². The van der Waals surface area contributed by atoms with E-state index in [-0.39, 0.29) is 13.0 Å². The first-order valence-corrected chi connectivity index (χ1v) is 10.8. The number of ether oxygens (including phenoxy) is 1. The summed E-state index contributed by atoms with van der Waals surface area (Å²) in [4.78, 5) is 41.7. The molecular formula is C25H21ClFN3O4. The number of nitrogens with one attached hydrogen (secondary N) is 1. The zero-order chi connectivity index (χ0) is 24.2. The van der Waals surface area contributed by atoms with Gasteiger partial charge in [0.15, 0.2) is 0 Å². The Balaban J connectivity index is 1.61. The summed E-state index contributed by atoms with van der Waals surface area (Å²) in [6.45, 7) is 0.000409. The van der Waals surface area contributed by atoms with Crippen molar-refractivity contribution in [1.82, 2.24) is 4.90 Å². The van der Waals surface area contributed by atoms with Crippen molar-refractivity contribution in [2.24, 2.45) is 0 Å². The van der Waals surface area contributed by atoms with Crippen molar-refractivity contribution in [2.45, 2.75) is 19.0 Å². The molecule has 4 rings (SSSR count). The number of imide groups is 1. The maximum absolute atomic E-state index is 13.4. The number of rotatable bonds is 6. The van der Waals surface area contributed by atoms with Gasteiger partial charge in [0.05, 0.1) is 19.2 Å². The van der Waals surface area contributed by atoms with Crippen LogP contribution < -0.4 is 15.0 Å². The molecule has 1 saturated heterocycles. The predicted molar refractivity (Wildman–Crippen MR) is 126 cm³/mol. The highest BCUT2D eigenvalue weighted by Gasteiger charge is 2.44. The number of amides is 4. The zero-order valence-corrected chi connectivity index (χ0v) is 19.0. The molecule has 34 heavy (non-hydrogen) atoms. The summed E-state index contributed by atoms with van der Waals surface area (Å²) in [7, 11) is 1.53. The molecule has 1 atom stereocenters. The third-order valence-electron chi connectivity index (χ3n) is 5.45. The molecule has 1 aliphatic heterocycles. The minimum atomic E-state index is -1.04. The fraction of sp³-hybridized carbons (Fsp3) is 0.160. The van der Waals surface area contributed by atoms with Crippen molar-refractivity contribution in [3.63, 3.8) is 0 Å². The monoisotopic (exact) mass is 481 g/mol. The molecule has 0 aromatic heterocycles. The van der Waals surface area contributed by atoms with Gasteiger partial charge in [0.2, 0.25) is 5.91 Å². The van der Waals surface area contributed by atoms with Crippen LogP contribution in [0.1, 0.15) is 12.0 Å². The van der Waals surface area contributed by atoms with E-state index in [0.29, 0.717) is 27.7 Å². The molecule has 4 amide bonds. The lowest BCUT2D eigenvalue weighted by Crippen LogP contribution is -2.46. The summed E-state index contributed by atoms with van der Waals surface area (Å²) >= 11 is 5.93. The fourth-order valence-electron chi connectivity index (χ4n) is 3.70. The fourth-order valence-corrected chi connectivity index (χ4v) is 3.83. The Morgan fingerprint density at radius 1 is 1.06 bits per heavy atom. The van der Waals surface area contributed by atoms with Crippen LogP contribution in [0, 0.1) is 5.82 Å². The van der Waals surface area contributed by atoms with Crippen molar-refractivity contribution in [2.75, 3.05) is 17.3 Å². The Morgan fingerprint density at radius 3 is 2.32 bits per heavy atom. The first-order chi connectivity index (χ1) is 16.4. The van der Waals surface area contributed by atoms with Gasteiger partial charge in [-0.25, -0.2) is 14.1 Å². The summed E-state index contributed by atoms with van der Waals surface area (Å²) < 4.78 is 18.5. The molecule has 0 spiro atoms. The number of benzene rings is 3. The van der Waals surface area contributed by atoms with Crippen LogP contribution in [0.2, 0.25) is 5.02 Å². The van der Waals surface area contributed by atoms with Gasteiger partial charge in [0, 0.05) is 17.3 Å². The summed E-state index contributed by atoms with van der Waals surface area (Å²) in [6.07, 6.45) is -0.182. The lowest BCUT2D eigenvalue weighted by molar-refractivity contribution is -0.122. The van der Waals surface area contributed by atoms with Gasteiger partial charge >= 0.3 is 6.03 Å². The largest absolute Gasteiger partial charge is 0.497 e. The summed E-state index contributed by atoms with van der Waals surface area (Å²) in [6, 6.07) is 17.0. The number of methoxy groups -OCH3 is 1. The van der Waals surface area contributed by atoms with E-state index in [4.69, 9.17) is 16.3 Å². The first-order valence-electron chi connectivity index (χ1n) is 10.4. The topological polar surface area (TPSA) is 79.0 Å². The number of carbonyl (C=O) groups excluding carboxylic acids is 3. The van der Waals surface area contributed by atoms with Crippen LogP contribution in [0.15, 0.2) is 72.8 Å². The van der Waals surface area contributed by atoms with Crippen molar-refractivity contribution in [1.29, 1.82) is 0 Å². The second-order valence-corrected chi connectivity index (χ2v) is 8.11. The van der Waals surface area contributed by atoms with Crippen molar-refractivity contribution < 1.29 is 23.5 Å². The lowest BCUT2D eigenvalue weighted by atomic mass is 10.1. The number of urea groups is 1. The van der Waals surface area contributed by atoms with Gasteiger partial charge in [-0.1, -0.05) is 23.7 Å². The Hall–Kier alpha value is -3.91. The molecule has 0 aliphatic carbocycles. The maximum atomic E-state index is 13.4. The summed E-state index contributed by atoms with van der Waals surface area (Å²) in [5.41, 5.74) is 1.47. The van der Waals surface area contributed by atoms with Gasteiger partial charge in [0.1, 0.15) is 17.6 Å². The zero-order valence-electron chi connectivity index (χ0n) is 18.2. The molecule has 1 aliphatic rings. The molecule has 174 valence electrons. The van der Waals surface area contributed by atoms with Gasteiger partial charge in [0.25, 0.3) is 5.91 Å². The number of carbonyl (C=O) groups is 3. The van der Waals surface area contributed by atoms with E-state index >= 15 is 0 Å². The van der Waals surface area contributed by atoms with Crippen LogP contribution in [0.4, 0.5) is 20.6 Å². The van der Waals surface area contributed by atoms with Crippen molar-refractivity contribution in [3.8, 4) is 5.75 Å². The predicted octanol–water partition coefficient (Wildman–Crippen LogP) is 4.85. The van der Waals surface area contributed by atoms with Gasteiger partial charge in [-0.15, -0.1) is 0 Å². The van der Waals surface area contributed by atoms with E-state index in [9.17, 15) is 18.8 Å². The van der Waals surface area contributed by atoms with Crippen LogP contribution in [-0.4, -0.2) is 35.9 Å². The second-order valence-electron chi connectivity index (χ2n) is 7.68. The van der Waals surface area contributed by atoms with E-state index in [1.807, 2.05) is 0 Å². The maximum Gasteiger partial charge on any atom is 0.322 e. The van der Waals surface area contributed by atoms with Gasteiger partial charge in [-0.2, -0.15) is 0 Å². The molecule has 3 aromatic rings. The SMILES string of the molecule is COc1ccc(NC(=O)N(Cc2ccc(F)cc2)[C@@H]2CC(=O)N(c3ccc(Cl)cc3)C2=O)cc1. The molecule has 1 heterocycles. The summed E-state index contributed by atoms with van der Waals surface area (Å²) in [5, 5.41) is 3.23. The first kappa shape index (κ1) is 23.3. The molecule has 0 radical (unpaired) electrons. The normalized spacial score (nSPS) is 15.4. The Morgan fingerprint density at radius 2 is 1.71 bits per heavy atom.